The fourth-order valence-corrected chi connectivity index (χ4v) is 6.42. The van der Waals surface area contributed by atoms with Crippen molar-refractivity contribution in [3.05, 3.63) is 54.4 Å². The van der Waals surface area contributed by atoms with Crippen LogP contribution in [0.3, 0.4) is 0 Å². The van der Waals surface area contributed by atoms with E-state index in [0.717, 1.165) is 87.5 Å². The number of anilines is 1. The molecule has 3 aromatic heterocycles. The van der Waals surface area contributed by atoms with Crippen molar-refractivity contribution in [2.45, 2.75) is 50.9 Å². The maximum Gasteiger partial charge on any atom is 0.416 e. The quantitative estimate of drug-likeness (QED) is 0.211. The number of hydrogen-bond donors (Lipinski definition) is 3. The van der Waals surface area contributed by atoms with Gasteiger partial charge in [0.05, 0.1) is 17.0 Å². The third kappa shape index (κ3) is 7.06. The molecule has 1 aliphatic carbocycles. The number of halogens is 3. The van der Waals surface area contributed by atoms with Crippen LogP contribution in [0.4, 0.5) is 19.0 Å². The van der Waals surface area contributed by atoms with Crippen molar-refractivity contribution in [2.75, 3.05) is 39.0 Å². The zero-order valence-corrected chi connectivity index (χ0v) is 26.2. The van der Waals surface area contributed by atoms with E-state index in [-0.39, 0.29) is 17.8 Å². The van der Waals surface area contributed by atoms with Gasteiger partial charge in [-0.15, -0.1) is 0 Å². The molecule has 12 nitrogen and oxygen atoms in total. The van der Waals surface area contributed by atoms with E-state index < -0.39 is 17.7 Å². The molecule has 5 aromatic rings. The predicted octanol–water partition coefficient (Wildman–Crippen LogP) is 5.89. The summed E-state index contributed by atoms with van der Waals surface area (Å²) in [6, 6.07) is 11.8. The molecule has 4 heterocycles. The molecule has 0 atom stereocenters. The fraction of sp³-hybridized carbons (Fsp3) is 0.406. The monoisotopic (exact) mass is 653 g/mol. The van der Waals surface area contributed by atoms with Crippen molar-refractivity contribution in [1.82, 2.24) is 40.9 Å². The number of aromatic nitrogens is 5. The number of rotatable bonds is 4. The van der Waals surface area contributed by atoms with Gasteiger partial charge in [-0.05, 0) is 50.9 Å². The van der Waals surface area contributed by atoms with Crippen molar-refractivity contribution in [3.8, 4) is 22.5 Å². The molecule has 0 amide bonds. The number of carbonyl (C=O) groups is 1. The highest BCUT2D eigenvalue weighted by Crippen LogP contribution is 2.39. The number of aliphatic carboxylic acids is 1. The highest BCUT2D eigenvalue weighted by Gasteiger charge is 2.32. The number of nitrogens with two attached hydrogens (primary N) is 1. The molecule has 47 heavy (non-hydrogen) atoms. The topological polar surface area (TPSA) is 174 Å². The van der Waals surface area contributed by atoms with Gasteiger partial charge in [0.2, 0.25) is 0 Å². The van der Waals surface area contributed by atoms with E-state index in [4.69, 9.17) is 25.3 Å². The van der Waals surface area contributed by atoms with Gasteiger partial charge in [-0.1, -0.05) is 29.4 Å². The van der Waals surface area contributed by atoms with Crippen LogP contribution < -0.4 is 11.9 Å². The Hall–Kier alpha value is -4.60. The van der Waals surface area contributed by atoms with Crippen LogP contribution >= 0.6 is 0 Å². The normalized spacial score (nSPS) is 19.3. The summed E-state index contributed by atoms with van der Waals surface area (Å²) in [5.41, 5.74) is 9.13. The lowest BCUT2D eigenvalue weighted by atomic mass is 9.90. The molecule has 0 spiro atoms. The van der Waals surface area contributed by atoms with Crippen LogP contribution in [0.1, 0.15) is 44.2 Å². The Labute approximate surface area is 268 Å². The minimum Gasteiger partial charge on any atom is -0.481 e. The first-order valence-corrected chi connectivity index (χ1v) is 15.2. The van der Waals surface area contributed by atoms with Gasteiger partial charge in [0.1, 0.15) is 23.5 Å². The molecule has 0 bridgehead atoms. The molecule has 6 N–H and O–H groups in total. The number of carboxylic acid groups (broad SMARTS) is 1. The largest absolute Gasteiger partial charge is 0.481 e. The Kier molecular flexibility index (Phi) is 9.79. The summed E-state index contributed by atoms with van der Waals surface area (Å²) in [7, 11) is 2.18. The first-order chi connectivity index (χ1) is 22.0. The molecule has 2 aromatic carbocycles. The van der Waals surface area contributed by atoms with Gasteiger partial charge in [-0.2, -0.15) is 18.3 Å². The van der Waals surface area contributed by atoms with Gasteiger partial charge in [-0.25, -0.2) is 14.6 Å². The number of carboxylic acids is 1. The van der Waals surface area contributed by atoms with Crippen LogP contribution in [-0.2, 0) is 11.0 Å². The summed E-state index contributed by atoms with van der Waals surface area (Å²) in [5, 5.41) is 17.7. The van der Waals surface area contributed by atoms with Crippen molar-refractivity contribution < 1.29 is 27.6 Å². The SMILES string of the molecule is CC(=O)O.CN1CCN(C2CCC(n3nc(-c4ccc(-c5noc6cc(C(F)(F)F)ccc56)cc4)c4c(N)ncnc43)CC2)CC1.N. The molecule has 7 rings (SSSR count). The third-order valence-corrected chi connectivity index (χ3v) is 8.82. The molecule has 0 radical (unpaired) electrons. The van der Waals surface area contributed by atoms with E-state index in [0.29, 0.717) is 34.2 Å². The van der Waals surface area contributed by atoms with E-state index in [9.17, 15) is 13.2 Å². The first kappa shape index (κ1) is 33.8. The fourth-order valence-electron chi connectivity index (χ4n) is 6.42. The Morgan fingerprint density at radius 1 is 0.936 bits per heavy atom. The average Bonchev–Trinajstić information content (AvgIpc) is 3.64. The van der Waals surface area contributed by atoms with E-state index >= 15 is 0 Å². The summed E-state index contributed by atoms with van der Waals surface area (Å²) in [6.07, 6.45) is 1.31. The van der Waals surface area contributed by atoms with Gasteiger partial charge in [0, 0.05) is 55.7 Å². The molecule has 1 saturated carbocycles. The second kappa shape index (κ2) is 13.6. The van der Waals surface area contributed by atoms with Crippen LogP contribution in [0.25, 0.3) is 44.5 Å². The second-order valence-corrected chi connectivity index (χ2v) is 11.9. The van der Waals surface area contributed by atoms with Gasteiger partial charge < -0.3 is 26.4 Å². The Balaban J connectivity index is 0.000000822. The highest BCUT2D eigenvalue weighted by molar-refractivity contribution is 5.99. The maximum absolute atomic E-state index is 13.1. The molecular weight excluding hydrogens is 615 g/mol. The zero-order chi connectivity index (χ0) is 32.6. The molecule has 15 heteroatoms. The second-order valence-electron chi connectivity index (χ2n) is 11.9. The third-order valence-electron chi connectivity index (χ3n) is 8.82. The Morgan fingerprint density at radius 2 is 1.53 bits per heavy atom. The lowest BCUT2D eigenvalue weighted by Gasteiger charge is -2.41. The predicted molar refractivity (Wildman–Crippen MR) is 172 cm³/mol. The lowest BCUT2D eigenvalue weighted by Crippen LogP contribution is -2.49. The number of likely N-dealkylation sites (N-methyl/N-ethyl adjacent to an activating group) is 1. The van der Waals surface area contributed by atoms with Gasteiger partial charge in [0.25, 0.3) is 5.97 Å². The lowest BCUT2D eigenvalue weighted by molar-refractivity contribution is -0.137. The summed E-state index contributed by atoms with van der Waals surface area (Å²) >= 11 is 0. The smallest absolute Gasteiger partial charge is 0.416 e. The van der Waals surface area contributed by atoms with Crippen molar-refractivity contribution >= 4 is 33.8 Å². The molecule has 2 aliphatic rings. The number of hydrogen-bond acceptors (Lipinski definition) is 10. The summed E-state index contributed by atoms with van der Waals surface area (Å²) in [6.45, 7) is 5.57. The van der Waals surface area contributed by atoms with Gasteiger partial charge in [0.15, 0.2) is 11.2 Å². The number of nitrogens with zero attached hydrogens (tertiary/aromatic N) is 7. The van der Waals surface area contributed by atoms with E-state index in [1.54, 1.807) is 0 Å². The van der Waals surface area contributed by atoms with Gasteiger partial charge >= 0.3 is 6.18 Å². The number of piperazine rings is 1. The molecular formula is C32H38F3N9O3. The van der Waals surface area contributed by atoms with Crippen LogP contribution in [0.15, 0.2) is 53.3 Å². The minimum absolute atomic E-state index is 0. The van der Waals surface area contributed by atoms with Crippen molar-refractivity contribution in [1.29, 1.82) is 0 Å². The van der Waals surface area contributed by atoms with Crippen LogP contribution in [0.2, 0.25) is 0 Å². The van der Waals surface area contributed by atoms with Crippen LogP contribution in [0.5, 0.6) is 0 Å². The molecule has 250 valence electrons. The number of fused-ring (bicyclic) bond motifs is 2. The van der Waals surface area contributed by atoms with E-state index in [1.807, 2.05) is 28.9 Å². The first-order valence-electron chi connectivity index (χ1n) is 15.2. The summed E-state index contributed by atoms with van der Waals surface area (Å²) in [5.74, 6) is -0.459. The summed E-state index contributed by atoms with van der Waals surface area (Å²) < 4.78 is 46.7. The number of benzene rings is 2. The Bertz CT molecular complexity index is 1840. The average molecular weight is 654 g/mol. The summed E-state index contributed by atoms with van der Waals surface area (Å²) in [4.78, 5) is 22.9. The van der Waals surface area contributed by atoms with Crippen LogP contribution in [-0.4, -0.2) is 85.0 Å². The van der Waals surface area contributed by atoms with Crippen LogP contribution in [0, 0.1) is 0 Å². The van der Waals surface area contributed by atoms with Crippen molar-refractivity contribution in [2.24, 2.45) is 0 Å². The standard InChI is InChI=1S/C30H31F3N8O.C2H4O2.H3N/c1-39-12-14-40(15-13-39)21-7-9-22(10-8-21)41-29-25(28(34)35-17-36-29)27(37-41)19-4-2-18(3-5-19)26-23-11-6-20(30(31,32)33)16-24(23)42-38-26;1-2(3)4;/h2-6,11,16-17,21-22H,7-10,12-15H2,1H3,(H2,34,35,36);1H3,(H,3,4);1H3. The Morgan fingerprint density at radius 3 is 2.15 bits per heavy atom. The maximum atomic E-state index is 13.1. The van der Waals surface area contributed by atoms with Crippen molar-refractivity contribution in [3.63, 3.8) is 0 Å². The van der Waals surface area contributed by atoms with E-state index in [2.05, 4.69) is 32.0 Å². The minimum atomic E-state index is -4.45. The van der Waals surface area contributed by atoms with E-state index in [1.165, 1.54) is 12.4 Å². The molecule has 2 fully saturated rings. The zero-order valence-electron chi connectivity index (χ0n) is 26.2. The highest BCUT2D eigenvalue weighted by atomic mass is 19.4. The molecule has 1 saturated heterocycles. The molecule has 1 aliphatic heterocycles. The number of nitrogen functional groups attached to an aromatic ring is 1. The number of alkyl halides is 3. The van der Waals surface area contributed by atoms with Gasteiger partial charge in [-0.3, -0.25) is 9.69 Å². The molecule has 0 unspecified atom stereocenters.